The van der Waals surface area contributed by atoms with Crippen LogP contribution in [0.5, 0.6) is 0 Å². The van der Waals surface area contributed by atoms with E-state index in [4.69, 9.17) is 17.4 Å². The van der Waals surface area contributed by atoms with E-state index in [2.05, 4.69) is 31.7 Å². The fraction of sp³-hybridized carbons (Fsp3) is 0.0909. The van der Waals surface area contributed by atoms with Gasteiger partial charge in [-0.3, -0.25) is 4.79 Å². The predicted molar refractivity (Wildman–Crippen MR) is 80.2 cm³/mol. The molecule has 0 aliphatic heterocycles. The van der Waals surface area contributed by atoms with E-state index in [9.17, 15) is 4.79 Å². The SMILES string of the molecule is NNc1cc(C(=O)NCc2ccc(Br)s2)cc(Cl)n1. The Labute approximate surface area is 127 Å². The minimum absolute atomic E-state index is 0.208. The molecule has 2 aromatic heterocycles. The molecule has 1 amide bonds. The van der Waals surface area contributed by atoms with Crippen molar-refractivity contribution >= 4 is 50.6 Å². The number of hydrogen-bond acceptors (Lipinski definition) is 5. The lowest BCUT2D eigenvalue weighted by molar-refractivity contribution is 0.0951. The van der Waals surface area contributed by atoms with Gasteiger partial charge in [0.2, 0.25) is 0 Å². The van der Waals surface area contributed by atoms with Crippen LogP contribution in [0.25, 0.3) is 0 Å². The number of anilines is 1. The van der Waals surface area contributed by atoms with Crippen molar-refractivity contribution in [3.05, 3.63) is 43.6 Å². The summed E-state index contributed by atoms with van der Waals surface area (Å²) in [5.74, 6) is 5.36. The van der Waals surface area contributed by atoms with E-state index in [1.54, 1.807) is 11.3 Å². The second kappa shape index (κ2) is 6.33. The zero-order valence-electron chi connectivity index (χ0n) is 9.61. The fourth-order valence-electron chi connectivity index (χ4n) is 1.42. The van der Waals surface area contributed by atoms with E-state index in [-0.39, 0.29) is 11.1 Å². The third-order valence-corrected chi connectivity index (χ3v) is 4.07. The summed E-state index contributed by atoms with van der Waals surface area (Å²) in [6.07, 6.45) is 0. The Bertz CT molecular complexity index is 604. The van der Waals surface area contributed by atoms with Crippen LogP contribution in [0.3, 0.4) is 0 Å². The molecule has 0 saturated heterocycles. The van der Waals surface area contributed by atoms with Crippen molar-refractivity contribution in [3.63, 3.8) is 0 Å². The second-order valence-corrected chi connectivity index (χ2v) is 6.53. The number of nitrogens with two attached hydrogens (primary N) is 1. The zero-order valence-corrected chi connectivity index (χ0v) is 12.8. The van der Waals surface area contributed by atoms with E-state index in [0.717, 1.165) is 8.66 Å². The van der Waals surface area contributed by atoms with Crippen LogP contribution in [-0.4, -0.2) is 10.9 Å². The quantitative estimate of drug-likeness (QED) is 0.444. The highest BCUT2D eigenvalue weighted by atomic mass is 79.9. The number of hydrogen-bond donors (Lipinski definition) is 3. The first-order chi connectivity index (χ1) is 9.08. The Balaban J connectivity index is 2.05. The van der Waals surface area contributed by atoms with Gasteiger partial charge in [0, 0.05) is 10.4 Å². The Hall–Kier alpha value is -1.15. The molecular formula is C11H10BrClN4OS. The molecule has 0 radical (unpaired) electrons. The number of hydrazine groups is 1. The van der Waals surface area contributed by atoms with E-state index >= 15 is 0 Å². The van der Waals surface area contributed by atoms with Gasteiger partial charge in [0.25, 0.3) is 5.91 Å². The number of thiophene rings is 1. The summed E-state index contributed by atoms with van der Waals surface area (Å²) in [7, 11) is 0. The van der Waals surface area contributed by atoms with Crippen LogP contribution in [0, 0.1) is 0 Å². The van der Waals surface area contributed by atoms with Gasteiger partial charge in [-0.1, -0.05) is 11.6 Å². The second-order valence-electron chi connectivity index (χ2n) is 3.60. The molecule has 0 saturated carbocycles. The summed E-state index contributed by atoms with van der Waals surface area (Å²) in [4.78, 5) is 16.9. The van der Waals surface area contributed by atoms with Gasteiger partial charge in [0.1, 0.15) is 11.0 Å². The topological polar surface area (TPSA) is 80.0 Å². The molecule has 0 spiro atoms. The molecule has 0 unspecified atom stereocenters. The first kappa shape index (κ1) is 14.3. The van der Waals surface area contributed by atoms with Crippen molar-refractivity contribution in [1.82, 2.24) is 10.3 Å². The molecule has 0 aliphatic carbocycles. The Kier molecular flexibility index (Phi) is 4.76. The summed E-state index contributed by atoms with van der Waals surface area (Å²) < 4.78 is 1.03. The molecule has 100 valence electrons. The molecule has 2 heterocycles. The van der Waals surface area contributed by atoms with Gasteiger partial charge in [-0.15, -0.1) is 11.3 Å². The average Bonchev–Trinajstić information content (AvgIpc) is 2.81. The van der Waals surface area contributed by atoms with Crippen LogP contribution in [0.2, 0.25) is 5.15 Å². The Morgan fingerprint density at radius 2 is 2.26 bits per heavy atom. The van der Waals surface area contributed by atoms with Gasteiger partial charge in [-0.2, -0.15) is 0 Å². The lowest BCUT2D eigenvalue weighted by Gasteiger charge is -2.06. The molecule has 0 fully saturated rings. The summed E-state index contributed by atoms with van der Waals surface area (Å²) in [6, 6.07) is 6.90. The van der Waals surface area contributed by atoms with E-state index in [0.29, 0.717) is 17.9 Å². The molecule has 8 heteroatoms. The number of aromatic nitrogens is 1. The van der Waals surface area contributed by atoms with Gasteiger partial charge in [-0.05, 0) is 40.2 Å². The molecule has 2 rings (SSSR count). The number of pyridine rings is 1. The number of nitrogens with one attached hydrogen (secondary N) is 2. The first-order valence-electron chi connectivity index (χ1n) is 5.25. The van der Waals surface area contributed by atoms with E-state index < -0.39 is 0 Å². The first-order valence-corrected chi connectivity index (χ1v) is 7.24. The highest BCUT2D eigenvalue weighted by molar-refractivity contribution is 9.11. The minimum atomic E-state index is -0.231. The van der Waals surface area contributed by atoms with Crippen LogP contribution in [-0.2, 0) is 6.54 Å². The van der Waals surface area contributed by atoms with Crippen molar-refractivity contribution in [1.29, 1.82) is 0 Å². The van der Waals surface area contributed by atoms with Crippen molar-refractivity contribution < 1.29 is 4.79 Å². The van der Waals surface area contributed by atoms with E-state index in [1.807, 2.05) is 12.1 Å². The Morgan fingerprint density at radius 3 is 2.89 bits per heavy atom. The number of nitrogen functional groups attached to an aromatic ring is 1. The predicted octanol–water partition coefficient (Wildman–Crippen LogP) is 2.77. The van der Waals surface area contributed by atoms with Crippen molar-refractivity contribution in [2.45, 2.75) is 6.54 Å². The van der Waals surface area contributed by atoms with Crippen molar-refractivity contribution in [2.75, 3.05) is 5.43 Å². The molecule has 0 bridgehead atoms. The summed E-state index contributed by atoms with van der Waals surface area (Å²) in [5, 5.41) is 3.01. The monoisotopic (exact) mass is 360 g/mol. The maximum Gasteiger partial charge on any atom is 0.251 e. The lowest BCUT2D eigenvalue weighted by atomic mass is 10.2. The molecule has 4 N–H and O–H groups in total. The van der Waals surface area contributed by atoms with Gasteiger partial charge >= 0.3 is 0 Å². The number of nitrogens with zero attached hydrogens (tertiary/aromatic N) is 1. The molecule has 2 aromatic rings. The highest BCUT2D eigenvalue weighted by Gasteiger charge is 2.09. The van der Waals surface area contributed by atoms with Gasteiger partial charge in [0.15, 0.2) is 0 Å². The highest BCUT2D eigenvalue weighted by Crippen LogP contribution is 2.22. The summed E-state index contributed by atoms with van der Waals surface area (Å²) in [5.41, 5.74) is 2.77. The van der Waals surface area contributed by atoms with Crippen molar-refractivity contribution in [2.24, 2.45) is 5.84 Å². The fourth-order valence-corrected chi connectivity index (χ4v) is 3.05. The number of carbonyl (C=O) groups is 1. The van der Waals surface area contributed by atoms with Crippen molar-refractivity contribution in [3.8, 4) is 0 Å². The largest absolute Gasteiger partial charge is 0.347 e. The van der Waals surface area contributed by atoms with Gasteiger partial charge in [-0.25, -0.2) is 10.8 Å². The minimum Gasteiger partial charge on any atom is -0.347 e. The number of amides is 1. The maximum absolute atomic E-state index is 12.0. The van der Waals surface area contributed by atoms with Crippen LogP contribution in [0.15, 0.2) is 28.1 Å². The number of carbonyl (C=O) groups excluding carboxylic acids is 1. The summed E-state index contributed by atoms with van der Waals surface area (Å²) in [6.45, 7) is 0.459. The third kappa shape index (κ3) is 3.90. The maximum atomic E-state index is 12.0. The smallest absolute Gasteiger partial charge is 0.251 e. The molecular weight excluding hydrogens is 352 g/mol. The van der Waals surface area contributed by atoms with Gasteiger partial charge < -0.3 is 10.7 Å². The van der Waals surface area contributed by atoms with Crippen LogP contribution in [0.1, 0.15) is 15.2 Å². The van der Waals surface area contributed by atoms with Crippen LogP contribution >= 0.6 is 38.9 Å². The molecule has 0 aromatic carbocycles. The standard InChI is InChI=1S/C11H10BrClN4OS/c12-8-2-1-7(19-8)5-15-11(18)6-3-9(13)16-10(4-6)17-14/h1-4H,5,14H2,(H,15,18)(H,16,17). The summed E-state index contributed by atoms with van der Waals surface area (Å²) >= 11 is 10.7. The third-order valence-electron chi connectivity index (χ3n) is 2.26. The van der Waals surface area contributed by atoms with Crippen LogP contribution in [0.4, 0.5) is 5.82 Å². The van der Waals surface area contributed by atoms with Crippen LogP contribution < -0.4 is 16.6 Å². The van der Waals surface area contributed by atoms with E-state index in [1.165, 1.54) is 12.1 Å². The number of rotatable bonds is 4. The number of halogens is 2. The normalized spacial score (nSPS) is 10.3. The molecule has 0 atom stereocenters. The zero-order chi connectivity index (χ0) is 13.8. The van der Waals surface area contributed by atoms with Gasteiger partial charge in [0.05, 0.1) is 10.3 Å². The molecule has 19 heavy (non-hydrogen) atoms. The Morgan fingerprint density at radius 1 is 1.47 bits per heavy atom. The average molecular weight is 362 g/mol. The molecule has 5 nitrogen and oxygen atoms in total. The molecule has 0 aliphatic rings. The lowest BCUT2D eigenvalue weighted by Crippen LogP contribution is -2.23.